The van der Waals surface area contributed by atoms with Crippen LogP contribution in [0.15, 0.2) is 24.3 Å². The molecular weight excluding hydrogens is 318 g/mol. The van der Waals surface area contributed by atoms with Crippen molar-refractivity contribution >= 4 is 16.9 Å². The molecule has 1 aromatic heterocycles. The molecule has 2 saturated heterocycles. The fourth-order valence-electron chi connectivity index (χ4n) is 3.90. The number of carbonyl (C=O) groups excluding carboxylic acids is 1. The summed E-state index contributed by atoms with van der Waals surface area (Å²) in [5.41, 5.74) is 1.88. The van der Waals surface area contributed by atoms with Crippen LogP contribution in [0.4, 0.5) is 0 Å². The number of H-pyrrole nitrogens is 1. The van der Waals surface area contributed by atoms with Gasteiger partial charge in [0, 0.05) is 38.7 Å². The summed E-state index contributed by atoms with van der Waals surface area (Å²) >= 11 is 0. The predicted octanol–water partition coefficient (Wildman–Crippen LogP) is 2.34. The van der Waals surface area contributed by atoms with Gasteiger partial charge in [-0.15, -0.1) is 0 Å². The number of para-hydroxylation sites is 2. The summed E-state index contributed by atoms with van der Waals surface area (Å²) in [6.45, 7) is 2.23. The lowest BCUT2D eigenvalue weighted by atomic mass is 9.84. The highest BCUT2D eigenvalue weighted by Gasteiger charge is 2.39. The topological polar surface area (TPSA) is 76.2 Å². The maximum absolute atomic E-state index is 12.4. The van der Waals surface area contributed by atoms with E-state index < -0.39 is 0 Å². The maximum atomic E-state index is 12.4. The van der Waals surface area contributed by atoms with Gasteiger partial charge in [0.05, 0.1) is 16.6 Å². The molecule has 0 radical (unpaired) electrons. The number of amides is 1. The van der Waals surface area contributed by atoms with Crippen molar-refractivity contribution in [1.82, 2.24) is 15.3 Å². The van der Waals surface area contributed by atoms with Gasteiger partial charge < -0.3 is 19.8 Å². The van der Waals surface area contributed by atoms with E-state index in [2.05, 4.69) is 15.3 Å². The molecule has 2 aromatic rings. The summed E-state index contributed by atoms with van der Waals surface area (Å²) in [6, 6.07) is 8.13. The number of rotatable bonds is 4. The quantitative estimate of drug-likeness (QED) is 0.893. The molecule has 6 nitrogen and oxygen atoms in total. The Morgan fingerprint density at radius 3 is 2.96 bits per heavy atom. The largest absolute Gasteiger partial charge is 0.381 e. The Labute approximate surface area is 147 Å². The molecule has 1 aromatic carbocycles. The summed E-state index contributed by atoms with van der Waals surface area (Å²) < 4.78 is 11.5. The van der Waals surface area contributed by atoms with Gasteiger partial charge in [0.1, 0.15) is 5.82 Å². The van der Waals surface area contributed by atoms with Gasteiger partial charge in [-0.25, -0.2) is 4.98 Å². The molecule has 0 saturated carbocycles. The van der Waals surface area contributed by atoms with Crippen LogP contribution in [0.5, 0.6) is 0 Å². The van der Waals surface area contributed by atoms with Crippen molar-refractivity contribution in [3.8, 4) is 0 Å². The van der Waals surface area contributed by atoms with E-state index in [4.69, 9.17) is 9.47 Å². The van der Waals surface area contributed by atoms with Crippen molar-refractivity contribution in [1.29, 1.82) is 0 Å². The Balaban J connectivity index is 1.29. The van der Waals surface area contributed by atoms with Gasteiger partial charge in [-0.3, -0.25) is 4.79 Å². The summed E-state index contributed by atoms with van der Waals surface area (Å²) in [6.07, 6.45) is 4.72. The third kappa shape index (κ3) is 3.85. The molecule has 2 N–H and O–H groups in total. The Bertz CT molecular complexity index is 698. The fraction of sp³-hybridized carbons (Fsp3) is 0.579. The fourth-order valence-corrected chi connectivity index (χ4v) is 3.90. The van der Waals surface area contributed by atoms with E-state index in [0.29, 0.717) is 19.4 Å². The molecule has 4 rings (SSSR count). The lowest BCUT2D eigenvalue weighted by Crippen LogP contribution is -2.51. The number of imidazole rings is 1. The number of fused-ring (bicyclic) bond motifs is 1. The zero-order valence-electron chi connectivity index (χ0n) is 14.4. The normalized spacial score (nSPS) is 23.0. The highest BCUT2D eigenvalue weighted by molar-refractivity contribution is 5.77. The highest BCUT2D eigenvalue weighted by Crippen LogP contribution is 2.34. The second kappa shape index (κ2) is 7.14. The van der Waals surface area contributed by atoms with Crippen LogP contribution in [0, 0.1) is 0 Å². The Kier molecular flexibility index (Phi) is 4.72. The van der Waals surface area contributed by atoms with Crippen LogP contribution in [0.2, 0.25) is 0 Å². The van der Waals surface area contributed by atoms with Crippen LogP contribution in [-0.2, 0) is 20.7 Å². The molecule has 25 heavy (non-hydrogen) atoms. The summed E-state index contributed by atoms with van der Waals surface area (Å²) in [7, 11) is 0. The lowest BCUT2D eigenvalue weighted by Gasteiger charge is -2.43. The third-order valence-electron chi connectivity index (χ3n) is 5.29. The molecule has 0 bridgehead atoms. The first-order valence-electron chi connectivity index (χ1n) is 9.17. The molecule has 1 spiro atoms. The average molecular weight is 343 g/mol. The number of aryl methyl sites for hydroxylation is 1. The van der Waals surface area contributed by atoms with Crippen LogP contribution in [0.25, 0.3) is 11.0 Å². The molecule has 134 valence electrons. The second-order valence-corrected chi connectivity index (χ2v) is 7.10. The van der Waals surface area contributed by atoms with Gasteiger partial charge >= 0.3 is 0 Å². The van der Waals surface area contributed by atoms with Crippen molar-refractivity contribution in [3.05, 3.63) is 30.1 Å². The second-order valence-electron chi connectivity index (χ2n) is 7.10. The Morgan fingerprint density at radius 2 is 2.12 bits per heavy atom. The van der Waals surface area contributed by atoms with E-state index in [1.165, 1.54) is 0 Å². The molecule has 6 heteroatoms. The smallest absolute Gasteiger partial charge is 0.220 e. The number of ether oxygens (including phenoxy) is 2. The van der Waals surface area contributed by atoms with Crippen LogP contribution in [0.3, 0.4) is 0 Å². The molecule has 2 aliphatic rings. The number of aromatic amines is 1. The van der Waals surface area contributed by atoms with Crippen molar-refractivity contribution in [2.45, 2.75) is 50.2 Å². The van der Waals surface area contributed by atoms with Crippen molar-refractivity contribution in [2.75, 3.05) is 19.8 Å². The SMILES string of the molecule is O=C(CCc1nc2ccccc2[nH]1)N[C@H]1CCOC2(CCOCC2)C1. The minimum absolute atomic E-state index is 0.0901. The number of benzene rings is 1. The number of nitrogens with one attached hydrogen (secondary N) is 2. The zero-order valence-corrected chi connectivity index (χ0v) is 14.4. The minimum atomic E-state index is -0.0901. The van der Waals surface area contributed by atoms with Gasteiger partial charge in [-0.2, -0.15) is 0 Å². The number of hydrogen-bond donors (Lipinski definition) is 2. The number of aromatic nitrogens is 2. The van der Waals surface area contributed by atoms with Crippen LogP contribution in [0.1, 0.15) is 37.9 Å². The number of hydrogen-bond acceptors (Lipinski definition) is 4. The minimum Gasteiger partial charge on any atom is -0.381 e. The first kappa shape index (κ1) is 16.5. The van der Waals surface area contributed by atoms with E-state index in [1.54, 1.807) is 0 Å². The van der Waals surface area contributed by atoms with Crippen LogP contribution < -0.4 is 5.32 Å². The molecule has 3 heterocycles. The maximum Gasteiger partial charge on any atom is 0.220 e. The molecular formula is C19H25N3O3. The predicted molar refractivity (Wildman–Crippen MR) is 94.3 cm³/mol. The van der Waals surface area contributed by atoms with Crippen LogP contribution >= 0.6 is 0 Å². The molecule has 0 aliphatic carbocycles. The van der Waals surface area contributed by atoms with Crippen molar-refractivity contribution < 1.29 is 14.3 Å². The highest BCUT2D eigenvalue weighted by atomic mass is 16.5. The average Bonchev–Trinajstić information content (AvgIpc) is 3.04. The number of nitrogens with zero attached hydrogens (tertiary/aromatic N) is 1. The first-order valence-corrected chi connectivity index (χ1v) is 9.17. The summed E-state index contributed by atoms with van der Waals surface area (Å²) in [4.78, 5) is 20.2. The van der Waals surface area contributed by atoms with E-state index in [1.807, 2.05) is 24.3 Å². The standard InChI is InChI=1S/C19H25N3O3/c23-18(6-5-17-21-15-3-1-2-4-16(15)22-17)20-14-7-10-25-19(13-14)8-11-24-12-9-19/h1-4,14H,5-13H2,(H,20,23)(H,21,22)/t14-/m0/s1. The third-order valence-corrected chi connectivity index (χ3v) is 5.29. The van der Waals surface area contributed by atoms with Gasteiger partial charge in [0.2, 0.25) is 5.91 Å². The van der Waals surface area contributed by atoms with Crippen molar-refractivity contribution in [3.63, 3.8) is 0 Å². The van der Waals surface area contributed by atoms with Gasteiger partial charge in [-0.05, 0) is 37.8 Å². The number of carbonyl (C=O) groups is 1. The van der Waals surface area contributed by atoms with Gasteiger partial charge in [0.25, 0.3) is 0 Å². The Hall–Kier alpha value is -1.92. The lowest BCUT2D eigenvalue weighted by molar-refractivity contribution is -0.144. The van der Waals surface area contributed by atoms with E-state index in [-0.39, 0.29) is 17.6 Å². The van der Waals surface area contributed by atoms with Crippen molar-refractivity contribution in [2.24, 2.45) is 0 Å². The molecule has 2 aliphatic heterocycles. The van der Waals surface area contributed by atoms with E-state index in [0.717, 1.165) is 55.8 Å². The zero-order chi connectivity index (χ0) is 17.1. The first-order chi connectivity index (χ1) is 12.2. The monoisotopic (exact) mass is 343 g/mol. The summed E-state index contributed by atoms with van der Waals surface area (Å²) in [5, 5.41) is 3.19. The summed E-state index contributed by atoms with van der Waals surface area (Å²) in [5.74, 6) is 0.957. The van der Waals surface area contributed by atoms with Gasteiger partial charge in [-0.1, -0.05) is 12.1 Å². The van der Waals surface area contributed by atoms with Crippen LogP contribution in [-0.4, -0.2) is 47.3 Å². The van der Waals surface area contributed by atoms with Gasteiger partial charge in [0.15, 0.2) is 0 Å². The molecule has 0 unspecified atom stereocenters. The van der Waals surface area contributed by atoms with E-state index >= 15 is 0 Å². The molecule has 2 fully saturated rings. The van der Waals surface area contributed by atoms with E-state index in [9.17, 15) is 4.79 Å². The molecule has 1 atom stereocenters. The molecule has 1 amide bonds. The Morgan fingerprint density at radius 1 is 1.28 bits per heavy atom.